The summed E-state index contributed by atoms with van der Waals surface area (Å²) in [4.78, 5) is 13.0. The van der Waals surface area contributed by atoms with Crippen molar-refractivity contribution < 1.29 is 9.53 Å². The van der Waals surface area contributed by atoms with Crippen molar-refractivity contribution in [3.63, 3.8) is 0 Å². The highest BCUT2D eigenvalue weighted by atomic mass is 79.9. The van der Waals surface area contributed by atoms with E-state index in [1.165, 1.54) is 18.4 Å². The smallest absolute Gasteiger partial charge is 0.348 e. The van der Waals surface area contributed by atoms with Crippen LogP contribution in [0.25, 0.3) is 10.4 Å². The highest BCUT2D eigenvalue weighted by Gasteiger charge is 2.09. The average Bonchev–Trinajstić information content (AvgIpc) is 2.78. The van der Waals surface area contributed by atoms with Gasteiger partial charge in [0.05, 0.1) is 7.11 Å². The molecule has 0 spiro atoms. The second-order valence-electron chi connectivity index (χ2n) is 3.16. The predicted octanol–water partition coefficient (Wildman–Crippen LogP) is 3.96. The number of hydrogen-bond acceptors (Lipinski definition) is 3. The summed E-state index contributed by atoms with van der Waals surface area (Å²) in [7, 11) is 1.39. The molecular formula is C12H9BrO2S. The van der Waals surface area contributed by atoms with Crippen molar-refractivity contribution in [2.45, 2.75) is 0 Å². The SMILES string of the molecule is COC(=O)c1ccc(-c2ccc(Br)cc2)s1. The third-order valence-electron chi connectivity index (χ3n) is 2.12. The molecule has 2 aromatic rings. The zero-order valence-corrected chi connectivity index (χ0v) is 11.0. The molecule has 16 heavy (non-hydrogen) atoms. The van der Waals surface area contributed by atoms with Crippen molar-refractivity contribution in [2.24, 2.45) is 0 Å². The van der Waals surface area contributed by atoms with E-state index in [0.717, 1.165) is 14.9 Å². The third-order valence-corrected chi connectivity index (χ3v) is 3.76. The van der Waals surface area contributed by atoms with Crippen LogP contribution >= 0.6 is 27.3 Å². The van der Waals surface area contributed by atoms with E-state index in [2.05, 4.69) is 20.7 Å². The van der Waals surface area contributed by atoms with Gasteiger partial charge < -0.3 is 4.74 Å². The quantitative estimate of drug-likeness (QED) is 0.784. The first-order valence-electron chi connectivity index (χ1n) is 4.65. The lowest BCUT2D eigenvalue weighted by molar-refractivity contribution is 0.0606. The molecule has 0 atom stereocenters. The average molecular weight is 297 g/mol. The van der Waals surface area contributed by atoms with E-state index in [4.69, 9.17) is 0 Å². The number of rotatable bonds is 2. The number of halogens is 1. The lowest BCUT2D eigenvalue weighted by Crippen LogP contribution is -1.96. The minimum Gasteiger partial charge on any atom is -0.465 e. The van der Waals surface area contributed by atoms with Crippen LogP contribution in [0.15, 0.2) is 40.9 Å². The van der Waals surface area contributed by atoms with Crippen LogP contribution in [0.3, 0.4) is 0 Å². The van der Waals surface area contributed by atoms with Crippen molar-refractivity contribution in [3.05, 3.63) is 45.7 Å². The van der Waals surface area contributed by atoms with Gasteiger partial charge in [-0.2, -0.15) is 0 Å². The predicted molar refractivity (Wildman–Crippen MR) is 68.8 cm³/mol. The van der Waals surface area contributed by atoms with Crippen LogP contribution < -0.4 is 0 Å². The Morgan fingerprint density at radius 1 is 1.19 bits per heavy atom. The van der Waals surface area contributed by atoms with E-state index in [9.17, 15) is 4.79 Å². The Balaban J connectivity index is 2.31. The maximum Gasteiger partial charge on any atom is 0.348 e. The van der Waals surface area contributed by atoms with Gasteiger partial charge in [-0.05, 0) is 29.8 Å². The Morgan fingerprint density at radius 2 is 1.88 bits per heavy atom. The Kier molecular flexibility index (Phi) is 3.41. The summed E-state index contributed by atoms with van der Waals surface area (Å²) in [6.07, 6.45) is 0. The van der Waals surface area contributed by atoms with Crippen LogP contribution in [0.2, 0.25) is 0 Å². The van der Waals surface area contributed by atoms with Crippen LogP contribution in [-0.2, 0) is 4.74 Å². The lowest BCUT2D eigenvalue weighted by atomic mass is 10.2. The molecular weight excluding hydrogens is 288 g/mol. The molecule has 0 unspecified atom stereocenters. The molecule has 0 fully saturated rings. The minimum atomic E-state index is -0.284. The van der Waals surface area contributed by atoms with Gasteiger partial charge >= 0.3 is 5.97 Å². The first-order valence-corrected chi connectivity index (χ1v) is 6.26. The zero-order chi connectivity index (χ0) is 11.5. The number of hydrogen-bond donors (Lipinski definition) is 0. The standard InChI is InChI=1S/C12H9BrO2S/c1-15-12(14)11-7-6-10(16-11)8-2-4-9(13)5-3-8/h2-7H,1H3. The fourth-order valence-electron chi connectivity index (χ4n) is 1.32. The number of carbonyl (C=O) groups excluding carboxylic acids is 1. The first kappa shape index (κ1) is 11.4. The summed E-state index contributed by atoms with van der Waals surface area (Å²) in [6, 6.07) is 11.7. The molecule has 0 saturated heterocycles. The number of carbonyl (C=O) groups is 1. The Hall–Kier alpha value is -1.13. The van der Waals surface area contributed by atoms with Crippen molar-refractivity contribution in [2.75, 3.05) is 7.11 Å². The third kappa shape index (κ3) is 2.33. The summed E-state index contributed by atoms with van der Waals surface area (Å²) in [6.45, 7) is 0. The van der Waals surface area contributed by atoms with Crippen molar-refractivity contribution in [1.29, 1.82) is 0 Å². The van der Waals surface area contributed by atoms with Gasteiger partial charge in [0.2, 0.25) is 0 Å². The van der Waals surface area contributed by atoms with Crippen LogP contribution in [0.5, 0.6) is 0 Å². The van der Waals surface area contributed by atoms with Crippen molar-refractivity contribution >= 4 is 33.2 Å². The topological polar surface area (TPSA) is 26.3 Å². The molecule has 1 aromatic carbocycles. The monoisotopic (exact) mass is 296 g/mol. The summed E-state index contributed by atoms with van der Waals surface area (Å²) in [5.41, 5.74) is 1.10. The Bertz CT molecular complexity index is 502. The molecule has 1 heterocycles. The molecule has 1 aromatic heterocycles. The molecule has 0 N–H and O–H groups in total. The molecule has 2 rings (SSSR count). The van der Waals surface area contributed by atoms with E-state index >= 15 is 0 Å². The molecule has 0 saturated carbocycles. The first-order chi connectivity index (χ1) is 7.70. The minimum absolute atomic E-state index is 0.284. The molecule has 82 valence electrons. The van der Waals surface area contributed by atoms with Gasteiger partial charge in [-0.25, -0.2) is 4.79 Å². The van der Waals surface area contributed by atoms with Gasteiger partial charge in [0.1, 0.15) is 4.88 Å². The molecule has 0 aliphatic heterocycles. The summed E-state index contributed by atoms with van der Waals surface area (Å²) in [5.74, 6) is -0.284. The number of esters is 1. The highest BCUT2D eigenvalue weighted by Crippen LogP contribution is 2.29. The van der Waals surface area contributed by atoms with Gasteiger partial charge in [0, 0.05) is 9.35 Å². The number of thiophene rings is 1. The van der Waals surface area contributed by atoms with Crippen LogP contribution in [0, 0.1) is 0 Å². The fourth-order valence-corrected chi connectivity index (χ4v) is 2.51. The maximum atomic E-state index is 11.3. The molecule has 0 amide bonds. The summed E-state index contributed by atoms with van der Waals surface area (Å²) >= 11 is 4.82. The second-order valence-corrected chi connectivity index (χ2v) is 5.16. The number of ether oxygens (including phenoxy) is 1. The van der Waals surface area contributed by atoms with Crippen LogP contribution in [-0.4, -0.2) is 13.1 Å². The van der Waals surface area contributed by atoms with E-state index in [0.29, 0.717) is 4.88 Å². The number of methoxy groups -OCH3 is 1. The molecule has 0 bridgehead atoms. The fraction of sp³-hybridized carbons (Fsp3) is 0.0833. The highest BCUT2D eigenvalue weighted by molar-refractivity contribution is 9.10. The zero-order valence-electron chi connectivity index (χ0n) is 8.57. The van der Waals surface area contributed by atoms with E-state index < -0.39 is 0 Å². The normalized spacial score (nSPS) is 10.1. The van der Waals surface area contributed by atoms with Gasteiger partial charge in [0.25, 0.3) is 0 Å². The van der Waals surface area contributed by atoms with Gasteiger partial charge in [-0.1, -0.05) is 28.1 Å². The molecule has 4 heteroatoms. The van der Waals surface area contributed by atoms with Gasteiger partial charge in [-0.3, -0.25) is 0 Å². The molecule has 0 radical (unpaired) electrons. The summed E-state index contributed by atoms with van der Waals surface area (Å²) in [5, 5.41) is 0. The Labute approximate surface area is 106 Å². The number of benzene rings is 1. The van der Waals surface area contributed by atoms with Crippen molar-refractivity contribution in [3.8, 4) is 10.4 Å². The molecule has 0 aliphatic carbocycles. The summed E-state index contributed by atoms with van der Waals surface area (Å²) < 4.78 is 5.71. The van der Waals surface area contributed by atoms with Gasteiger partial charge in [-0.15, -0.1) is 11.3 Å². The Morgan fingerprint density at radius 3 is 2.50 bits per heavy atom. The molecule has 2 nitrogen and oxygen atoms in total. The van der Waals surface area contributed by atoms with E-state index in [1.54, 1.807) is 6.07 Å². The lowest BCUT2D eigenvalue weighted by Gasteiger charge is -1.97. The maximum absolute atomic E-state index is 11.3. The van der Waals surface area contributed by atoms with Crippen LogP contribution in [0.1, 0.15) is 9.67 Å². The van der Waals surface area contributed by atoms with Crippen LogP contribution in [0.4, 0.5) is 0 Å². The molecule has 0 aliphatic rings. The van der Waals surface area contributed by atoms with E-state index in [1.807, 2.05) is 30.3 Å². The largest absolute Gasteiger partial charge is 0.465 e. The van der Waals surface area contributed by atoms with Crippen molar-refractivity contribution in [1.82, 2.24) is 0 Å². The van der Waals surface area contributed by atoms with E-state index in [-0.39, 0.29) is 5.97 Å². The second kappa shape index (κ2) is 4.80. The van der Waals surface area contributed by atoms with Gasteiger partial charge in [0.15, 0.2) is 0 Å².